The van der Waals surface area contributed by atoms with Crippen LogP contribution in [0.4, 0.5) is 4.79 Å². The number of carboxylic acid groups (broad SMARTS) is 1. The van der Waals surface area contributed by atoms with Crippen LogP contribution in [0.15, 0.2) is 53.9 Å². The average molecular weight is 492 g/mol. The van der Waals surface area contributed by atoms with Crippen molar-refractivity contribution in [1.29, 1.82) is 0 Å². The summed E-state index contributed by atoms with van der Waals surface area (Å²) in [6.45, 7) is 1.22. The number of thiazole rings is 1. The van der Waals surface area contributed by atoms with Crippen LogP contribution in [0.5, 0.6) is 0 Å². The van der Waals surface area contributed by atoms with E-state index in [1.54, 1.807) is 5.38 Å². The van der Waals surface area contributed by atoms with E-state index in [4.69, 9.17) is 9.84 Å². The number of fused-ring (bicyclic) bond motifs is 3. The number of rotatable bonds is 7. The third-order valence-corrected chi connectivity index (χ3v) is 7.46. The van der Waals surface area contributed by atoms with E-state index in [-0.39, 0.29) is 25.0 Å². The number of carboxylic acids is 1. The number of likely N-dealkylation sites (tertiary alicyclic amines) is 1. The van der Waals surface area contributed by atoms with Crippen LogP contribution in [0.3, 0.4) is 0 Å². The predicted molar refractivity (Wildman–Crippen MR) is 131 cm³/mol. The molecule has 3 aromatic rings. The molecule has 1 atom stereocenters. The topological polar surface area (TPSA) is 109 Å². The highest BCUT2D eigenvalue weighted by atomic mass is 32.1. The van der Waals surface area contributed by atoms with Gasteiger partial charge in [-0.1, -0.05) is 48.5 Å². The molecule has 2 aromatic carbocycles. The number of nitrogens with one attached hydrogen (secondary N) is 1. The fourth-order valence-electron chi connectivity index (χ4n) is 4.75. The number of nitrogens with zero attached hydrogens (tertiary/aromatic N) is 2. The van der Waals surface area contributed by atoms with Gasteiger partial charge in [0, 0.05) is 37.4 Å². The van der Waals surface area contributed by atoms with Gasteiger partial charge in [0.2, 0.25) is 0 Å². The maximum Gasteiger partial charge on any atom is 0.407 e. The van der Waals surface area contributed by atoms with Crippen molar-refractivity contribution in [3.8, 4) is 11.1 Å². The number of carbonyl (C=O) groups is 3. The van der Waals surface area contributed by atoms with Crippen LogP contribution in [0, 0.1) is 5.92 Å². The van der Waals surface area contributed by atoms with Gasteiger partial charge >= 0.3 is 12.1 Å². The summed E-state index contributed by atoms with van der Waals surface area (Å²) < 4.78 is 5.54. The van der Waals surface area contributed by atoms with Gasteiger partial charge < -0.3 is 20.1 Å². The third kappa shape index (κ3) is 4.77. The molecule has 0 bridgehead atoms. The highest BCUT2D eigenvalue weighted by molar-refractivity contribution is 7.09. The largest absolute Gasteiger partial charge is 0.481 e. The van der Waals surface area contributed by atoms with Gasteiger partial charge in [0.05, 0.1) is 10.9 Å². The smallest absolute Gasteiger partial charge is 0.407 e. The molecule has 0 saturated carbocycles. The molecule has 180 valence electrons. The summed E-state index contributed by atoms with van der Waals surface area (Å²) in [6, 6.07) is 16.4. The lowest BCUT2D eigenvalue weighted by Crippen LogP contribution is -2.30. The first-order valence-electron chi connectivity index (χ1n) is 11.6. The molecule has 1 aliphatic carbocycles. The number of ether oxygens (including phenoxy) is 1. The Morgan fingerprint density at radius 2 is 1.77 bits per heavy atom. The Balaban J connectivity index is 1.10. The summed E-state index contributed by atoms with van der Waals surface area (Å²) in [5.74, 6) is -1.63. The molecule has 2 aliphatic rings. The molecule has 1 aliphatic heterocycles. The van der Waals surface area contributed by atoms with Crippen LogP contribution in [0.25, 0.3) is 11.1 Å². The Bertz CT molecular complexity index is 1230. The van der Waals surface area contributed by atoms with Crippen molar-refractivity contribution < 1.29 is 24.2 Å². The third-order valence-electron chi connectivity index (χ3n) is 6.55. The Kier molecular flexibility index (Phi) is 6.50. The van der Waals surface area contributed by atoms with Crippen LogP contribution >= 0.6 is 11.3 Å². The molecular formula is C26H25N3O5S. The van der Waals surface area contributed by atoms with Crippen LogP contribution in [-0.2, 0) is 16.0 Å². The number of amides is 2. The van der Waals surface area contributed by atoms with E-state index in [1.807, 2.05) is 24.3 Å². The SMILES string of the molecule is O=C(NCCc1nc(C(=O)N2CCC(C(=O)O)C2)cs1)OCC1c2ccccc2-c2ccccc21. The lowest BCUT2D eigenvalue weighted by Gasteiger charge is -2.14. The molecule has 5 rings (SSSR count). The summed E-state index contributed by atoms with van der Waals surface area (Å²) in [7, 11) is 0. The van der Waals surface area contributed by atoms with E-state index in [9.17, 15) is 14.4 Å². The maximum absolute atomic E-state index is 12.6. The lowest BCUT2D eigenvalue weighted by atomic mass is 9.98. The minimum absolute atomic E-state index is 0.00648. The molecule has 2 amide bonds. The van der Waals surface area contributed by atoms with Crippen molar-refractivity contribution >= 4 is 29.3 Å². The van der Waals surface area contributed by atoms with Crippen molar-refractivity contribution in [2.75, 3.05) is 26.2 Å². The number of hydrogen-bond donors (Lipinski definition) is 2. The molecule has 9 heteroatoms. The van der Waals surface area contributed by atoms with E-state index in [2.05, 4.69) is 34.6 Å². The van der Waals surface area contributed by atoms with Gasteiger partial charge in [0.1, 0.15) is 12.3 Å². The summed E-state index contributed by atoms with van der Waals surface area (Å²) >= 11 is 1.35. The summed E-state index contributed by atoms with van der Waals surface area (Å²) in [5, 5.41) is 14.3. The van der Waals surface area contributed by atoms with E-state index in [0.29, 0.717) is 31.6 Å². The monoisotopic (exact) mass is 491 g/mol. The normalized spacial score (nSPS) is 16.6. The minimum atomic E-state index is -0.876. The van der Waals surface area contributed by atoms with Gasteiger partial charge in [-0.2, -0.15) is 0 Å². The van der Waals surface area contributed by atoms with Crippen molar-refractivity contribution in [1.82, 2.24) is 15.2 Å². The first-order chi connectivity index (χ1) is 17.0. The fourth-order valence-corrected chi connectivity index (χ4v) is 5.53. The van der Waals surface area contributed by atoms with Crippen LogP contribution in [0.1, 0.15) is 39.0 Å². The lowest BCUT2D eigenvalue weighted by molar-refractivity contribution is -0.141. The van der Waals surface area contributed by atoms with E-state index < -0.39 is 18.0 Å². The molecule has 2 N–H and O–H groups in total. The van der Waals surface area contributed by atoms with E-state index in [0.717, 1.165) is 16.1 Å². The zero-order valence-electron chi connectivity index (χ0n) is 19.0. The Morgan fingerprint density at radius 3 is 2.43 bits per heavy atom. The van der Waals surface area contributed by atoms with Gasteiger partial charge in [-0.15, -0.1) is 11.3 Å². The second-order valence-electron chi connectivity index (χ2n) is 8.70. The standard InChI is InChI=1S/C26H25N3O5S/c30-24(29-12-10-16(13-29)25(31)32)22-15-35-23(28-22)9-11-27-26(33)34-14-21-19-7-3-1-5-17(19)18-6-2-4-8-20(18)21/h1-8,15-16,21H,9-14H2,(H,27,33)(H,31,32). The Morgan fingerprint density at radius 1 is 1.09 bits per heavy atom. The zero-order chi connectivity index (χ0) is 24.4. The Hall–Kier alpha value is -3.72. The minimum Gasteiger partial charge on any atom is -0.481 e. The predicted octanol–water partition coefficient (Wildman–Crippen LogP) is 3.77. The van der Waals surface area contributed by atoms with Crippen molar-refractivity contribution in [2.24, 2.45) is 5.92 Å². The first-order valence-corrected chi connectivity index (χ1v) is 12.4. The summed E-state index contributed by atoms with van der Waals surface area (Å²) in [4.78, 5) is 41.9. The molecule has 8 nitrogen and oxygen atoms in total. The average Bonchev–Trinajstić information content (AvgIpc) is 3.60. The molecule has 0 radical (unpaired) electrons. The van der Waals surface area contributed by atoms with Crippen molar-refractivity contribution in [3.63, 3.8) is 0 Å². The van der Waals surface area contributed by atoms with Gasteiger partial charge in [0.15, 0.2) is 0 Å². The summed E-state index contributed by atoms with van der Waals surface area (Å²) in [5.41, 5.74) is 5.00. The van der Waals surface area contributed by atoms with Gasteiger partial charge in [0.25, 0.3) is 5.91 Å². The first kappa shape index (κ1) is 23.0. The molecule has 1 unspecified atom stereocenters. The van der Waals surface area contributed by atoms with E-state index >= 15 is 0 Å². The van der Waals surface area contributed by atoms with Crippen LogP contribution < -0.4 is 5.32 Å². The molecule has 0 spiro atoms. The fraction of sp³-hybridized carbons (Fsp3) is 0.308. The van der Waals surface area contributed by atoms with Crippen LogP contribution in [-0.4, -0.2) is 59.2 Å². The van der Waals surface area contributed by atoms with Gasteiger partial charge in [-0.3, -0.25) is 9.59 Å². The highest BCUT2D eigenvalue weighted by Gasteiger charge is 2.32. The highest BCUT2D eigenvalue weighted by Crippen LogP contribution is 2.44. The quantitative estimate of drug-likeness (QED) is 0.521. The number of carbonyl (C=O) groups excluding carboxylic acids is 2. The molecular weight excluding hydrogens is 466 g/mol. The zero-order valence-corrected chi connectivity index (χ0v) is 19.8. The second kappa shape index (κ2) is 9.87. The number of hydrogen-bond acceptors (Lipinski definition) is 6. The van der Waals surface area contributed by atoms with E-state index in [1.165, 1.54) is 27.4 Å². The Labute approximate surface area is 206 Å². The number of aromatic nitrogens is 1. The van der Waals surface area contributed by atoms with Crippen LogP contribution in [0.2, 0.25) is 0 Å². The molecule has 1 fully saturated rings. The molecule has 1 aromatic heterocycles. The second-order valence-corrected chi connectivity index (χ2v) is 9.65. The molecule has 35 heavy (non-hydrogen) atoms. The molecule has 1 saturated heterocycles. The number of aliphatic carboxylic acids is 1. The van der Waals surface area contributed by atoms with Crippen molar-refractivity contribution in [2.45, 2.75) is 18.8 Å². The van der Waals surface area contributed by atoms with Crippen molar-refractivity contribution in [3.05, 3.63) is 75.7 Å². The number of alkyl carbamates (subject to hydrolysis) is 1. The number of benzene rings is 2. The molecule has 2 heterocycles. The summed E-state index contributed by atoms with van der Waals surface area (Å²) in [6.07, 6.45) is 0.443. The van der Waals surface area contributed by atoms with Gasteiger partial charge in [-0.25, -0.2) is 9.78 Å². The maximum atomic E-state index is 12.6. The van der Waals surface area contributed by atoms with Gasteiger partial charge in [-0.05, 0) is 28.7 Å².